The van der Waals surface area contributed by atoms with E-state index in [2.05, 4.69) is 38.8 Å². The van der Waals surface area contributed by atoms with Crippen molar-refractivity contribution in [2.75, 3.05) is 20.1 Å². The minimum atomic E-state index is 0.213. The highest BCUT2D eigenvalue weighted by atomic mass is 16.4. The van der Waals surface area contributed by atoms with Crippen molar-refractivity contribution in [3.05, 3.63) is 52.7 Å². The first-order chi connectivity index (χ1) is 13.6. The average Bonchev–Trinajstić information content (AvgIpc) is 3.04. The maximum Gasteiger partial charge on any atom is 0.222 e. The molecule has 0 saturated carbocycles. The van der Waals surface area contributed by atoms with E-state index in [0.29, 0.717) is 31.4 Å². The molecule has 0 fully saturated rings. The van der Waals surface area contributed by atoms with Crippen LogP contribution in [-0.4, -0.2) is 41.9 Å². The molecule has 2 heterocycles. The van der Waals surface area contributed by atoms with E-state index >= 15 is 0 Å². The number of benzene rings is 1. The molecule has 2 aromatic rings. The molecule has 0 unspecified atom stereocenters. The van der Waals surface area contributed by atoms with E-state index in [0.717, 1.165) is 37.4 Å². The average molecular weight is 383 g/mol. The zero-order valence-electron chi connectivity index (χ0n) is 16.9. The summed E-state index contributed by atoms with van der Waals surface area (Å²) in [4.78, 5) is 23.0. The lowest BCUT2D eigenvalue weighted by atomic mass is 9.99. The third-order valence-corrected chi connectivity index (χ3v) is 5.05. The van der Waals surface area contributed by atoms with Gasteiger partial charge in [0.2, 0.25) is 11.8 Å². The van der Waals surface area contributed by atoms with Crippen LogP contribution in [0, 0.1) is 13.8 Å². The molecule has 28 heavy (non-hydrogen) atoms. The Morgan fingerprint density at radius 3 is 2.75 bits per heavy atom. The number of guanidine groups is 1. The van der Waals surface area contributed by atoms with E-state index in [1.54, 1.807) is 7.05 Å². The summed E-state index contributed by atoms with van der Waals surface area (Å²) in [5.74, 6) is 2.36. The fourth-order valence-electron chi connectivity index (χ4n) is 3.31. The number of aromatic nitrogens is 1. The normalized spacial score (nSPS) is 14.0. The summed E-state index contributed by atoms with van der Waals surface area (Å²) in [5, 5.41) is 6.41. The Morgan fingerprint density at radius 1 is 1.25 bits per heavy atom. The van der Waals surface area contributed by atoms with Gasteiger partial charge in [0, 0.05) is 33.1 Å². The lowest BCUT2D eigenvalue weighted by Gasteiger charge is -2.29. The number of nitrogens with zero attached hydrogens (tertiary/aromatic N) is 3. The summed E-state index contributed by atoms with van der Waals surface area (Å²) in [7, 11) is 1.72. The third-order valence-electron chi connectivity index (χ3n) is 5.05. The quantitative estimate of drug-likeness (QED) is 0.454. The second-order valence-electron chi connectivity index (χ2n) is 7.04. The number of oxazole rings is 1. The second-order valence-corrected chi connectivity index (χ2v) is 7.04. The van der Waals surface area contributed by atoms with Crippen LogP contribution in [0.25, 0.3) is 0 Å². The van der Waals surface area contributed by atoms with Crippen LogP contribution >= 0.6 is 0 Å². The number of hydrogen-bond acceptors (Lipinski definition) is 4. The van der Waals surface area contributed by atoms with Crippen molar-refractivity contribution in [3.63, 3.8) is 0 Å². The fourth-order valence-corrected chi connectivity index (χ4v) is 3.31. The van der Waals surface area contributed by atoms with Gasteiger partial charge in [-0.2, -0.15) is 0 Å². The van der Waals surface area contributed by atoms with Crippen molar-refractivity contribution >= 4 is 11.9 Å². The molecule has 2 N–H and O–H groups in total. The molecule has 150 valence electrons. The van der Waals surface area contributed by atoms with Gasteiger partial charge >= 0.3 is 0 Å². The maximum atomic E-state index is 12.5. The molecule has 0 bridgehead atoms. The molecular formula is C21H29N5O2. The summed E-state index contributed by atoms with van der Waals surface area (Å²) in [6.45, 7) is 6.51. The zero-order valence-corrected chi connectivity index (χ0v) is 16.9. The molecule has 1 aromatic carbocycles. The standard InChI is InChI=1S/C21H29N5O2/c1-15-16(2)28-19(25-15)13-24-21(22-3)23-11-6-9-20(27)26-12-10-17-7-4-5-8-18(17)14-26/h4-5,7-8H,6,9-14H2,1-3H3,(H2,22,23,24). The summed E-state index contributed by atoms with van der Waals surface area (Å²) >= 11 is 0. The minimum absolute atomic E-state index is 0.213. The number of nitrogens with one attached hydrogen (secondary N) is 2. The van der Waals surface area contributed by atoms with Gasteiger partial charge in [-0.1, -0.05) is 24.3 Å². The summed E-state index contributed by atoms with van der Waals surface area (Å²) < 4.78 is 5.55. The van der Waals surface area contributed by atoms with Crippen LogP contribution in [0.5, 0.6) is 0 Å². The van der Waals surface area contributed by atoms with Crippen molar-refractivity contribution in [3.8, 4) is 0 Å². The molecular weight excluding hydrogens is 354 g/mol. The first-order valence-electron chi connectivity index (χ1n) is 9.79. The number of rotatable bonds is 6. The van der Waals surface area contributed by atoms with Gasteiger partial charge in [0.25, 0.3) is 0 Å². The van der Waals surface area contributed by atoms with Gasteiger partial charge in [0.1, 0.15) is 5.76 Å². The van der Waals surface area contributed by atoms with Crippen LogP contribution in [0.2, 0.25) is 0 Å². The van der Waals surface area contributed by atoms with Gasteiger partial charge in [-0.05, 0) is 37.8 Å². The van der Waals surface area contributed by atoms with Crippen LogP contribution in [0.1, 0.15) is 41.3 Å². The van der Waals surface area contributed by atoms with Crippen LogP contribution in [0.3, 0.4) is 0 Å². The van der Waals surface area contributed by atoms with Crippen LogP contribution in [0.4, 0.5) is 0 Å². The van der Waals surface area contributed by atoms with Crippen LogP contribution < -0.4 is 10.6 Å². The second kappa shape index (κ2) is 9.39. The molecule has 7 heteroatoms. The Labute approximate surface area is 166 Å². The number of fused-ring (bicyclic) bond motifs is 1. The first kappa shape index (κ1) is 19.9. The minimum Gasteiger partial charge on any atom is -0.444 e. The largest absolute Gasteiger partial charge is 0.444 e. The lowest BCUT2D eigenvalue weighted by molar-refractivity contribution is -0.132. The zero-order chi connectivity index (χ0) is 19.9. The van der Waals surface area contributed by atoms with Crippen molar-refractivity contribution in [2.24, 2.45) is 4.99 Å². The molecule has 1 amide bonds. The number of hydrogen-bond donors (Lipinski definition) is 2. The highest BCUT2D eigenvalue weighted by Crippen LogP contribution is 2.19. The van der Waals surface area contributed by atoms with Gasteiger partial charge in [-0.15, -0.1) is 0 Å². The predicted molar refractivity (Wildman–Crippen MR) is 109 cm³/mol. The fraction of sp³-hybridized carbons (Fsp3) is 0.476. The van der Waals surface area contributed by atoms with Crippen molar-refractivity contribution in [2.45, 2.75) is 46.2 Å². The summed E-state index contributed by atoms with van der Waals surface area (Å²) in [5.41, 5.74) is 3.53. The molecule has 7 nitrogen and oxygen atoms in total. The molecule has 0 aliphatic carbocycles. The van der Waals surface area contributed by atoms with E-state index in [1.165, 1.54) is 11.1 Å². The highest BCUT2D eigenvalue weighted by molar-refractivity contribution is 5.79. The van der Waals surface area contributed by atoms with Gasteiger partial charge in [-0.25, -0.2) is 4.98 Å². The number of aliphatic imine (C=N–C) groups is 1. The van der Waals surface area contributed by atoms with E-state index < -0.39 is 0 Å². The molecule has 1 aliphatic heterocycles. The Balaban J connectivity index is 1.37. The molecule has 0 radical (unpaired) electrons. The van der Waals surface area contributed by atoms with Gasteiger partial charge < -0.3 is 20.0 Å². The van der Waals surface area contributed by atoms with Crippen molar-refractivity contribution in [1.29, 1.82) is 0 Å². The Bertz CT molecular complexity index is 824. The Morgan fingerprint density at radius 2 is 2.04 bits per heavy atom. The van der Waals surface area contributed by atoms with Gasteiger partial charge in [0.15, 0.2) is 5.96 Å². The number of carbonyl (C=O) groups is 1. The van der Waals surface area contributed by atoms with Gasteiger partial charge in [-0.3, -0.25) is 9.79 Å². The number of amides is 1. The molecule has 3 rings (SSSR count). The van der Waals surface area contributed by atoms with Gasteiger partial charge in [0.05, 0.1) is 12.2 Å². The number of aryl methyl sites for hydroxylation is 2. The summed E-state index contributed by atoms with van der Waals surface area (Å²) in [6.07, 6.45) is 2.23. The SMILES string of the molecule is CN=C(NCCCC(=O)N1CCc2ccccc2C1)NCc1nc(C)c(C)o1. The van der Waals surface area contributed by atoms with E-state index in [-0.39, 0.29) is 5.91 Å². The Kier molecular flexibility index (Phi) is 6.68. The molecule has 0 spiro atoms. The van der Waals surface area contributed by atoms with Crippen molar-refractivity contribution < 1.29 is 9.21 Å². The van der Waals surface area contributed by atoms with Crippen LogP contribution in [-0.2, 0) is 24.3 Å². The Hall–Kier alpha value is -2.83. The first-order valence-corrected chi connectivity index (χ1v) is 9.79. The van der Waals surface area contributed by atoms with E-state index in [9.17, 15) is 4.79 Å². The topological polar surface area (TPSA) is 82.8 Å². The molecule has 0 saturated heterocycles. The summed E-state index contributed by atoms with van der Waals surface area (Å²) in [6, 6.07) is 8.37. The molecule has 0 atom stereocenters. The lowest BCUT2D eigenvalue weighted by Crippen LogP contribution is -2.38. The molecule has 1 aromatic heterocycles. The maximum absolute atomic E-state index is 12.5. The number of carbonyl (C=O) groups excluding carboxylic acids is 1. The van der Waals surface area contributed by atoms with E-state index in [4.69, 9.17) is 4.42 Å². The van der Waals surface area contributed by atoms with Crippen molar-refractivity contribution in [1.82, 2.24) is 20.5 Å². The monoisotopic (exact) mass is 383 g/mol. The van der Waals surface area contributed by atoms with Crippen LogP contribution in [0.15, 0.2) is 33.7 Å². The third kappa shape index (κ3) is 5.12. The predicted octanol–water partition coefficient (Wildman–Crippen LogP) is 2.32. The smallest absolute Gasteiger partial charge is 0.222 e. The highest BCUT2D eigenvalue weighted by Gasteiger charge is 2.19. The van der Waals surface area contributed by atoms with E-state index in [1.807, 2.05) is 24.8 Å². The molecule has 1 aliphatic rings.